The summed E-state index contributed by atoms with van der Waals surface area (Å²) >= 11 is 0. The molecule has 3 rings (SSSR count). The van der Waals surface area contributed by atoms with Gasteiger partial charge in [-0.1, -0.05) is 29.8 Å². The van der Waals surface area contributed by atoms with E-state index in [2.05, 4.69) is 0 Å². The Kier molecular flexibility index (Phi) is 5.59. The number of hydrogen-bond acceptors (Lipinski definition) is 4. The molecular weight excluding hydrogens is 373 g/mol. The van der Waals surface area contributed by atoms with Crippen LogP contribution < -0.4 is 0 Å². The molecule has 144 valence electrons. The summed E-state index contributed by atoms with van der Waals surface area (Å²) in [5.74, 6) is -1.57. The molecule has 27 heavy (non-hydrogen) atoms. The molecule has 0 saturated carbocycles. The van der Waals surface area contributed by atoms with E-state index in [-0.39, 0.29) is 30.3 Å². The van der Waals surface area contributed by atoms with Crippen LogP contribution in [0, 0.1) is 12.7 Å². The highest BCUT2D eigenvalue weighted by Gasteiger charge is 2.44. The van der Waals surface area contributed by atoms with Gasteiger partial charge >= 0.3 is 5.97 Å². The minimum atomic E-state index is -3.95. The summed E-state index contributed by atoms with van der Waals surface area (Å²) in [7, 11) is -3.95. The molecule has 0 aromatic heterocycles. The Morgan fingerprint density at radius 3 is 2.41 bits per heavy atom. The van der Waals surface area contributed by atoms with Gasteiger partial charge in [0.1, 0.15) is 11.9 Å². The maximum absolute atomic E-state index is 13.0. The van der Waals surface area contributed by atoms with Crippen molar-refractivity contribution in [3.8, 4) is 0 Å². The van der Waals surface area contributed by atoms with Gasteiger partial charge in [0.05, 0.1) is 17.6 Å². The van der Waals surface area contributed by atoms with E-state index in [1.165, 1.54) is 24.3 Å². The quantitative estimate of drug-likeness (QED) is 0.816. The van der Waals surface area contributed by atoms with Gasteiger partial charge in [-0.3, -0.25) is 4.79 Å². The Morgan fingerprint density at radius 1 is 1.19 bits per heavy atom. The number of aliphatic carboxylic acids is 1. The van der Waals surface area contributed by atoms with Gasteiger partial charge in [0.2, 0.25) is 10.0 Å². The molecule has 8 heteroatoms. The average molecular weight is 393 g/mol. The van der Waals surface area contributed by atoms with Gasteiger partial charge in [-0.25, -0.2) is 12.8 Å². The summed E-state index contributed by atoms with van der Waals surface area (Å²) in [6.07, 6.45) is -0.502. The Morgan fingerprint density at radius 2 is 1.81 bits per heavy atom. The number of rotatable bonds is 6. The van der Waals surface area contributed by atoms with E-state index in [9.17, 15) is 22.7 Å². The third-order valence-corrected chi connectivity index (χ3v) is 6.42. The molecule has 1 fully saturated rings. The van der Waals surface area contributed by atoms with Crippen molar-refractivity contribution in [2.24, 2.45) is 0 Å². The summed E-state index contributed by atoms with van der Waals surface area (Å²) in [6.45, 7) is 1.94. The van der Waals surface area contributed by atoms with Crippen molar-refractivity contribution in [3.05, 3.63) is 65.5 Å². The first-order valence-corrected chi connectivity index (χ1v) is 9.89. The molecule has 6 nitrogen and oxygen atoms in total. The van der Waals surface area contributed by atoms with Gasteiger partial charge in [-0.05, 0) is 36.8 Å². The molecular formula is C19H20FNO5S. The van der Waals surface area contributed by atoms with Crippen molar-refractivity contribution in [3.63, 3.8) is 0 Å². The molecule has 1 aliphatic heterocycles. The second kappa shape index (κ2) is 7.75. The zero-order valence-corrected chi connectivity index (χ0v) is 15.5. The van der Waals surface area contributed by atoms with Crippen molar-refractivity contribution in [2.75, 3.05) is 6.54 Å². The normalized spacial score (nSPS) is 20.7. The van der Waals surface area contributed by atoms with Gasteiger partial charge < -0.3 is 9.84 Å². The summed E-state index contributed by atoms with van der Waals surface area (Å²) < 4.78 is 45.4. The Labute approximate surface area is 157 Å². The van der Waals surface area contributed by atoms with E-state index in [0.29, 0.717) is 0 Å². The van der Waals surface area contributed by atoms with Gasteiger partial charge in [-0.2, -0.15) is 4.31 Å². The number of aryl methyl sites for hydroxylation is 1. The number of nitrogens with zero attached hydrogens (tertiary/aromatic N) is 1. The first-order chi connectivity index (χ1) is 12.8. The third kappa shape index (κ3) is 4.35. The average Bonchev–Trinajstić information content (AvgIpc) is 3.07. The summed E-state index contributed by atoms with van der Waals surface area (Å²) in [5.41, 5.74) is 1.63. The fraction of sp³-hybridized carbons (Fsp3) is 0.316. The Balaban J connectivity index is 1.75. The highest BCUT2D eigenvalue weighted by molar-refractivity contribution is 7.89. The van der Waals surface area contributed by atoms with Crippen LogP contribution in [-0.2, 0) is 26.2 Å². The molecule has 0 aliphatic carbocycles. The number of halogens is 1. The number of carboxylic acid groups (broad SMARTS) is 1. The summed E-state index contributed by atoms with van der Waals surface area (Å²) in [4.78, 5) is 11.7. The van der Waals surface area contributed by atoms with Crippen LogP contribution in [0.15, 0.2) is 53.4 Å². The van der Waals surface area contributed by atoms with Crippen molar-refractivity contribution in [2.45, 2.75) is 37.0 Å². The van der Waals surface area contributed by atoms with Crippen LogP contribution in [0.5, 0.6) is 0 Å². The number of hydrogen-bond donors (Lipinski definition) is 1. The van der Waals surface area contributed by atoms with Crippen LogP contribution in [0.4, 0.5) is 4.39 Å². The van der Waals surface area contributed by atoms with Crippen LogP contribution in [0.25, 0.3) is 0 Å². The lowest BCUT2D eigenvalue weighted by molar-refractivity contribution is -0.140. The predicted octanol–water partition coefficient (Wildman–Crippen LogP) is 2.57. The SMILES string of the molecule is Cc1ccc(S(=O)(=O)N2CC(OCc3ccc(F)cc3)CC2C(=O)O)cc1. The Bertz CT molecular complexity index is 912. The van der Waals surface area contributed by atoms with Crippen molar-refractivity contribution in [1.82, 2.24) is 4.31 Å². The lowest BCUT2D eigenvalue weighted by atomic mass is 10.2. The second-order valence-electron chi connectivity index (χ2n) is 6.54. The molecule has 0 spiro atoms. The van der Waals surface area contributed by atoms with Crippen LogP contribution >= 0.6 is 0 Å². The Hall–Kier alpha value is -2.29. The molecule has 0 amide bonds. The number of carbonyl (C=O) groups is 1. The largest absolute Gasteiger partial charge is 0.480 e. The van der Waals surface area contributed by atoms with Crippen molar-refractivity contribution < 1.29 is 27.4 Å². The standard InChI is InChI=1S/C19H20FNO5S/c1-13-2-8-17(9-3-13)27(24,25)21-11-16(10-18(21)19(22)23)26-12-14-4-6-15(20)7-5-14/h2-9,16,18H,10-12H2,1H3,(H,22,23). The minimum absolute atomic E-state index is 0.0473. The molecule has 1 saturated heterocycles. The van der Waals surface area contributed by atoms with Crippen LogP contribution in [0.2, 0.25) is 0 Å². The number of benzene rings is 2. The monoisotopic (exact) mass is 393 g/mol. The van der Waals surface area contributed by atoms with Gasteiger partial charge in [0.25, 0.3) is 0 Å². The molecule has 2 aromatic carbocycles. The molecule has 1 heterocycles. The van der Waals surface area contributed by atoms with Crippen LogP contribution in [-0.4, -0.2) is 42.5 Å². The number of carboxylic acids is 1. The summed E-state index contributed by atoms with van der Waals surface area (Å²) in [5, 5.41) is 9.47. The van der Waals surface area contributed by atoms with Crippen molar-refractivity contribution >= 4 is 16.0 Å². The molecule has 0 bridgehead atoms. The zero-order valence-electron chi connectivity index (χ0n) is 14.7. The van der Waals surface area contributed by atoms with E-state index in [0.717, 1.165) is 15.4 Å². The maximum atomic E-state index is 13.0. The minimum Gasteiger partial charge on any atom is -0.480 e. The van der Waals surface area contributed by atoms with E-state index >= 15 is 0 Å². The van der Waals surface area contributed by atoms with E-state index in [1.807, 2.05) is 6.92 Å². The molecule has 0 radical (unpaired) electrons. The fourth-order valence-corrected chi connectivity index (χ4v) is 4.64. The molecule has 1 aliphatic rings. The van der Waals surface area contributed by atoms with E-state index in [1.54, 1.807) is 24.3 Å². The first-order valence-electron chi connectivity index (χ1n) is 8.45. The molecule has 2 aromatic rings. The number of sulfonamides is 1. The van der Waals surface area contributed by atoms with Crippen LogP contribution in [0.3, 0.4) is 0 Å². The van der Waals surface area contributed by atoms with E-state index in [4.69, 9.17) is 4.74 Å². The summed E-state index contributed by atoms with van der Waals surface area (Å²) in [6, 6.07) is 10.8. The van der Waals surface area contributed by atoms with E-state index < -0.39 is 28.1 Å². The highest BCUT2D eigenvalue weighted by Crippen LogP contribution is 2.28. The lowest BCUT2D eigenvalue weighted by Crippen LogP contribution is -2.40. The second-order valence-corrected chi connectivity index (χ2v) is 8.43. The third-order valence-electron chi connectivity index (χ3n) is 4.53. The zero-order chi connectivity index (χ0) is 19.6. The van der Waals surface area contributed by atoms with Crippen molar-refractivity contribution in [1.29, 1.82) is 0 Å². The first kappa shape index (κ1) is 19.5. The van der Waals surface area contributed by atoms with Crippen LogP contribution in [0.1, 0.15) is 17.5 Å². The fourth-order valence-electron chi connectivity index (χ4n) is 3.02. The molecule has 2 atom stereocenters. The predicted molar refractivity (Wildman–Crippen MR) is 96.1 cm³/mol. The maximum Gasteiger partial charge on any atom is 0.322 e. The van der Waals surface area contributed by atoms with Gasteiger partial charge in [0, 0.05) is 13.0 Å². The topological polar surface area (TPSA) is 83.9 Å². The van der Waals surface area contributed by atoms with Gasteiger partial charge in [-0.15, -0.1) is 0 Å². The highest BCUT2D eigenvalue weighted by atomic mass is 32.2. The number of ether oxygens (including phenoxy) is 1. The van der Waals surface area contributed by atoms with Gasteiger partial charge in [0.15, 0.2) is 0 Å². The lowest BCUT2D eigenvalue weighted by Gasteiger charge is -2.20. The molecule has 1 N–H and O–H groups in total. The molecule has 2 unspecified atom stereocenters. The smallest absolute Gasteiger partial charge is 0.322 e.